The number of nitrogens with zero attached hydrogens (tertiary/aromatic N) is 2. The van der Waals surface area contributed by atoms with Crippen molar-refractivity contribution >= 4 is 22.6 Å². The summed E-state index contributed by atoms with van der Waals surface area (Å²) in [6.45, 7) is 0. The Morgan fingerprint density at radius 1 is 1.59 bits per heavy atom. The van der Waals surface area contributed by atoms with Gasteiger partial charge in [-0.15, -0.1) is 4.73 Å². The van der Waals surface area contributed by atoms with Crippen molar-refractivity contribution in [2.75, 3.05) is 7.11 Å². The molecule has 0 saturated carbocycles. The number of methoxy groups -OCH3 is 1. The third-order valence-electron chi connectivity index (χ3n) is 2.27. The highest BCUT2D eigenvalue weighted by Crippen LogP contribution is 2.29. The first kappa shape index (κ1) is 11.2. The van der Waals surface area contributed by atoms with E-state index in [0.29, 0.717) is 0 Å². The van der Waals surface area contributed by atoms with Crippen LogP contribution in [-0.4, -0.2) is 12.1 Å². The van der Waals surface area contributed by atoms with E-state index in [1.807, 2.05) is 0 Å². The van der Waals surface area contributed by atoms with Crippen LogP contribution in [0.5, 0.6) is 5.75 Å². The van der Waals surface area contributed by atoms with Gasteiger partial charge in [-0.2, -0.15) is 5.26 Å². The molecular weight excluding hydrogens is 246 g/mol. The first-order valence-corrected chi connectivity index (χ1v) is 4.90. The maximum atomic E-state index is 11.7. The summed E-state index contributed by atoms with van der Waals surface area (Å²) in [6.07, 6.45) is 0. The second-order valence-corrected chi connectivity index (χ2v) is 3.59. The van der Waals surface area contributed by atoms with Crippen LogP contribution in [0.2, 0.25) is 5.02 Å². The van der Waals surface area contributed by atoms with Crippen molar-refractivity contribution in [2.24, 2.45) is 0 Å². The molecule has 0 radical (unpaired) electrons. The molecule has 6 nitrogen and oxygen atoms in total. The predicted molar refractivity (Wildman–Crippen MR) is 59.8 cm³/mol. The Hall–Kier alpha value is -2.26. The summed E-state index contributed by atoms with van der Waals surface area (Å²) in [4.78, 5) is 13.9. The molecule has 0 spiro atoms. The monoisotopic (exact) mass is 251 g/mol. The van der Waals surface area contributed by atoms with Gasteiger partial charge in [0.1, 0.15) is 0 Å². The average Bonchev–Trinajstić information content (AvgIpc) is 2.29. The van der Waals surface area contributed by atoms with Gasteiger partial charge in [0.15, 0.2) is 17.3 Å². The van der Waals surface area contributed by atoms with Gasteiger partial charge < -0.3 is 14.9 Å². The molecule has 0 amide bonds. The number of benzene rings is 1. The zero-order valence-corrected chi connectivity index (χ0v) is 9.41. The third-order valence-corrected chi connectivity index (χ3v) is 2.57. The Labute approximate surface area is 100 Å². The summed E-state index contributed by atoms with van der Waals surface area (Å²) < 4.78 is 5.26. The van der Waals surface area contributed by atoms with E-state index in [-0.39, 0.29) is 26.5 Å². The first-order valence-electron chi connectivity index (χ1n) is 4.52. The van der Waals surface area contributed by atoms with Gasteiger partial charge in [0, 0.05) is 6.07 Å². The normalized spacial score (nSPS) is 10.2. The molecule has 0 aliphatic heterocycles. The number of halogens is 1. The van der Waals surface area contributed by atoms with Gasteiger partial charge in [-0.25, -0.2) is 0 Å². The smallest absolute Gasteiger partial charge is 0.360 e. The molecule has 17 heavy (non-hydrogen) atoms. The van der Waals surface area contributed by atoms with Crippen molar-refractivity contribution in [3.63, 3.8) is 0 Å². The number of hydrogen-bond donors (Lipinski definition) is 1. The topological polar surface area (TPSA) is 92.8 Å². The Kier molecular flexibility index (Phi) is 2.61. The van der Waals surface area contributed by atoms with Crippen LogP contribution in [0.4, 0.5) is 0 Å². The summed E-state index contributed by atoms with van der Waals surface area (Å²) in [5.74, 6) is 0.190. The van der Waals surface area contributed by atoms with Crippen LogP contribution in [0.25, 0.3) is 11.0 Å². The Bertz CT molecular complexity index is 702. The van der Waals surface area contributed by atoms with Crippen molar-refractivity contribution in [1.29, 1.82) is 5.26 Å². The maximum Gasteiger partial charge on any atom is 0.360 e. The molecular formula is C10H6ClN3O3. The Morgan fingerprint density at radius 3 is 2.88 bits per heavy atom. The number of fused-ring (bicyclic) bond motifs is 1. The number of hydrogen-bond acceptors (Lipinski definition) is 4. The molecule has 1 heterocycles. The SMILES string of the molecule is COc1c(Cl)ccc2c1[nH]c(=O)c(C#N)[n+]2[O-]. The van der Waals surface area contributed by atoms with Crippen LogP contribution in [0.15, 0.2) is 16.9 Å². The quantitative estimate of drug-likeness (QED) is 0.596. The lowest BCUT2D eigenvalue weighted by Gasteiger charge is -2.07. The van der Waals surface area contributed by atoms with E-state index in [9.17, 15) is 10.0 Å². The maximum absolute atomic E-state index is 11.7. The highest BCUT2D eigenvalue weighted by molar-refractivity contribution is 6.33. The van der Waals surface area contributed by atoms with Gasteiger partial charge in [0.25, 0.3) is 0 Å². The molecule has 1 aromatic carbocycles. The highest BCUT2D eigenvalue weighted by Gasteiger charge is 2.19. The molecule has 0 unspecified atom stereocenters. The van der Waals surface area contributed by atoms with Crippen molar-refractivity contribution in [3.05, 3.63) is 38.4 Å². The summed E-state index contributed by atoms with van der Waals surface area (Å²) in [6, 6.07) is 4.40. The average molecular weight is 252 g/mol. The van der Waals surface area contributed by atoms with Crippen molar-refractivity contribution in [1.82, 2.24) is 4.98 Å². The van der Waals surface area contributed by atoms with Crippen LogP contribution in [0.1, 0.15) is 5.69 Å². The van der Waals surface area contributed by atoms with Gasteiger partial charge in [-0.05, 0) is 6.07 Å². The zero-order valence-electron chi connectivity index (χ0n) is 8.65. The van der Waals surface area contributed by atoms with Crippen molar-refractivity contribution in [2.45, 2.75) is 0 Å². The van der Waals surface area contributed by atoms with Crippen molar-refractivity contribution in [3.8, 4) is 11.8 Å². The standard InChI is InChI=1S/C10H6ClN3O3/c1-17-9-5(11)2-3-6-8(9)13-10(15)7(4-12)14(6)16/h2-3H,1H3,(H,13,15). The fourth-order valence-corrected chi connectivity index (χ4v) is 1.75. The van der Waals surface area contributed by atoms with Gasteiger partial charge in [-0.3, -0.25) is 4.79 Å². The molecule has 1 aromatic heterocycles. The lowest BCUT2D eigenvalue weighted by Crippen LogP contribution is -2.39. The van der Waals surface area contributed by atoms with E-state index in [4.69, 9.17) is 21.6 Å². The minimum absolute atomic E-state index is 0.113. The fraction of sp³-hybridized carbons (Fsp3) is 0.100. The van der Waals surface area contributed by atoms with Gasteiger partial charge in [0.05, 0.1) is 12.1 Å². The second kappa shape index (κ2) is 3.96. The second-order valence-electron chi connectivity index (χ2n) is 3.18. The predicted octanol–water partition coefficient (Wildman–Crippen LogP) is 0.695. The van der Waals surface area contributed by atoms with Gasteiger partial charge in [0.2, 0.25) is 5.52 Å². The Morgan fingerprint density at radius 2 is 2.29 bits per heavy atom. The van der Waals surface area contributed by atoms with Crippen LogP contribution in [0, 0.1) is 16.5 Å². The Balaban J connectivity index is 3.02. The molecule has 0 aliphatic carbocycles. The number of nitriles is 1. The molecule has 7 heteroatoms. The number of H-pyrrole nitrogens is 1. The molecule has 0 atom stereocenters. The molecule has 0 bridgehead atoms. The van der Waals surface area contributed by atoms with E-state index in [1.54, 1.807) is 6.07 Å². The van der Waals surface area contributed by atoms with E-state index in [2.05, 4.69) is 4.98 Å². The first-order chi connectivity index (χ1) is 8.10. The van der Waals surface area contributed by atoms with E-state index >= 15 is 0 Å². The third kappa shape index (κ3) is 1.57. The van der Waals surface area contributed by atoms with E-state index in [0.717, 1.165) is 0 Å². The molecule has 2 aromatic rings. The van der Waals surface area contributed by atoms with Crippen molar-refractivity contribution < 1.29 is 9.47 Å². The van der Waals surface area contributed by atoms with E-state index in [1.165, 1.54) is 19.2 Å². The largest absolute Gasteiger partial charge is 0.617 e. The number of aromatic nitrogens is 2. The summed E-state index contributed by atoms with van der Waals surface area (Å²) in [5.41, 5.74) is -1.03. The summed E-state index contributed by atoms with van der Waals surface area (Å²) in [5, 5.41) is 20.7. The minimum atomic E-state index is -0.782. The van der Waals surface area contributed by atoms with Crippen LogP contribution >= 0.6 is 11.6 Å². The summed E-state index contributed by atoms with van der Waals surface area (Å²) >= 11 is 5.86. The molecule has 1 N–H and O–H groups in total. The number of nitrogens with one attached hydrogen (secondary N) is 1. The molecule has 0 fully saturated rings. The van der Waals surface area contributed by atoms with Crippen LogP contribution < -0.4 is 15.0 Å². The lowest BCUT2D eigenvalue weighted by molar-refractivity contribution is -0.581. The molecule has 0 saturated heterocycles. The molecule has 0 aliphatic rings. The number of ether oxygens (including phenoxy) is 1. The zero-order chi connectivity index (χ0) is 12.6. The lowest BCUT2D eigenvalue weighted by atomic mass is 10.2. The van der Waals surface area contributed by atoms with Gasteiger partial charge >= 0.3 is 11.3 Å². The summed E-state index contributed by atoms with van der Waals surface area (Å²) in [7, 11) is 1.37. The molecule has 86 valence electrons. The van der Waals surface area contributed by atoms with Gasteiger partial charge in [-0.1, -0.05) is 11.6 Å². The van der Waals surface area contributed by atoms with Crippen LogP contribution in [-0.2, 0) is 0 Å². The minimum Gasteiger partial charge on any atom is -0.617 e. The van der Waals surface area contributed by atoms with E-state index < -0.39 is 11.3 Å². The fourth-order valence-electron chi connectivity index (χ4n) is 1.52. The highest BCUT2D eigenvalue weighted by atomic mass is 35.5. The number of aromatic amines is 1. The van der Waals surface area contributed by atoms with Crippen LogP contribution in [0.3, 0.4) is 0 Å². The number of rotatable bonds is 1. The molecule has 2 rings (SSSR count).